The van der Waals surface area contributed by atoms with Crippen molar-refractivity contribution < 1.29 is 4.74 Å². The van der Waals surface area contributed by atoms with Crippen LogP contribution in [0.3, 0.4) is 0 Å². The number of rotatable bonds is 4. The Morgan fingerprint density at radius 1 is 1.50 bits per heavy atom. The lowest BCUT2D eigenvalue weighted by Gasteiger charge is -2.18. The molecule has 0 aliphatic heterocycles. The van der Waals surface area contributed by atoms with Gasteiger partial charge in [-0.3, -0.25) is 4.98 Å². The van der Waals surface area contributed by atoms with Crippen molar-refractivity contribution in [2.24, 2.45) is 11.7 Å². The normalized spacial score (nSPS) is 24.9. The molecule has 1 aliphatic rings. The summed E-state index contributed by atoms with van der Waals surface area (Å²) in [6.07, 6.45) is 7.20. The number of ether oxygens (including phenoxy) is 1. The zero-order valence-corrected chi connectivity index (χ0v) is 9.99. The van der Waals surface area contributed by atoms with Gasteiger partial charge in [-0.2, -0.15) is 0 Å². The lowest BCUT2D eigenvalue weighted by Crippen LogP contribution is -2.25. The molecule has 4 heteroatoms. The van der Waals surface area contributed by atoms with Gasteiger partial charge in [0.15, 0.2) is 0 Å². The second-order valence-electron chi connectivity index (χ2n) is 4.24. The average Bonchev–Trinajstić information content (AvgIpc) is 2.75. The molecule has 2 rings (SSSR count). The number of nitrogens with zero attached hydrogens (tertiary/aromatic N) is 1. The number of nitrogens with two attached hydrogens (primary N) is 1. The van der Waals surface area contributed by atoms with Crippen molar-refractivity contribution in [1.82, 2.24) is 4.98 Å². The molecule has 88 valence electrons. The van der Waals surface area contributed by atoms with Crippen LogP contribution in [0.25, 0.3) is 0 Å². The topological polar surface area (TPSA) is 48.1 Å². The Hall–Kier alpha value is -0.640. The van der Waals surface area contributed by atoms with E-state index >= 15 is 0 Å². The van der Waals surface area contributed by atoms with E-state index in [-0.39, 0.29) is 0 Å². The van der Waals surface area contributed by atoms with Gasteiger partial charge in [0, 0.05) is 12.4 Å². The van der Waals surface area contributed by atoms with Crippen molar-refractivity contribution in [1.29, 1.82) is 0 Å². The standard InChI is InChI=1S/C12H17ClN2O/c13-11-7-15-5-4-10(11)8-16-12-3-1-2-9(12)6-14/h4-5,7,9,12H,1-3,6,8,14H2. The highest BCUT2D eigenvalue weighted by atomic mass is 35.5. The lowest BCUT2D eigenvalue weighted by molar-refractivity contribution is 0.0183. The number of hydrogen-bond donors (Lipinski definition) is 1. The number of hydrogen-bond acceptors (Lipinski definition) is 3. The fraction of sp³-hybridized carbons (Fsp3) is 0.583. The van der Waals surface area contributed by atoms with Crippen LogP contribution in [-0.4, -0.2) is 17.6 Å². The van der Waals surface area contributed by atoms with Crippen LogP contribution in [0.15, 0.2) is 18.5 Å². The molecule has 0 radical (unpaired) electrons. The molecule has 1 aliphatic carbocycles. The van der Waals surface area contributed by atoms with Gasteiger partial charge in [-0.25, -0.2) is 0 Å². The molecule has 2 unspecified atom stereocenters. The molecule has 0 saturated heterocycles. The third kappa shape index (κ3) is 2.73. The molecule has 2 N–H and O–H groups in total. The van der Waals surface area contributed by atoms with E-state index in [4.69, 9.17) is 22.1 Å². The van der Waals surface area contributed by atoms with Gasteiger partial charge in [0.25, 0.3) is 0 Å². The summed E-state index contributed by atoms with van der Waals surface area (Å²) in [4.78, 5) is 3.95. The van der Waals surface area contributed by atoms with Crippen molar-refractivity contribution in [2.75, 3.05) is 6.54 Å². The summed E-state index contributed by atoms with van der Waals surface area (Å²) in [5.74, 6) is 0.514. The van der Waals surface area contributed by atoms with Crippen LogP contribution in [0.1, 0.15) is 24.8 Å². The largest absolute Gasteiger partial charge is 0.373 e. The number of pyridine rings is 1. The van der Waals surface area contributed by atoms with E-state index in [9.17, 15) is 0 Å². The molecular formula is C12H17ClN2O. The van der Waals surface area contributed by atoms with E-state index in [0.717, 1.165) is 18.5 Å². The Morgan fingerprint density at radius 2 is 2.38 bits per heavy atom. The van der Waals surface area contributed by atoms with Crippen LogP contribution in [0.2, 0.25) is 5.02 Å². The second-order valence-corrected chi connectivity index (χ2v) is 4.65. The minimum Gasteiger partial charge on any atom is -0.373 e. The fourth-order valence-electron chi connectivity index (χ4n) is 2.21. The molecule has 1 saturated carbocycles. The van der Waals surface area contributed by atoms with Gasteiger partial charge in [0.2, 0.25) is 0 Å². The van der Waals surface area contributed by atoms with Gasteiger partial charge in [0.05, 0.1) is 17.7 Å². The molecular weight excluding hydrogens is 224 g/mol. The van der Waals surface area contributed by atoms with Crippen molar-refractivity contribution in [2.45, 2.75) is 32.0 Å². The monoisotopic (exact) mass is 240 g/mol. The lowest BCUT2D eigenvalue weighted by atomic mass is 10.1. The molecule has 1 aromatic rings. The van der Waals surface area contributed by atoms with Crippen molar-refractivity contribution in [3.05, 3.63) is 29.0 Å². The molecule has 1 fully saturated rings. The van der Waals surface area contributed by atoms with E-state index in [1.54, 1.807) is 12.4 Å². The highest BCUT2D eigenvalue weighted by Crippen LogP contribution is 2.28. The van der Waals surface area contributed by atoms with E-state index < -0.39 is 0 Å². The third-order valence-corrected chi connectivity index (χ3v) is 3.54. The fourth-order valence-corrected chi connectivity index (χ4v) is 2.38. The Balaban J connectivity index is 1.90. The predicted octanol–water partition coefficient (Wildman–Crippen LogP) is 2.38. The highest BCUT2D eigenvalue weighted by molar-refractivity contribution is 6.31. The van der Waals surface area contributed by atoms with Crippen LogP contribution in [-0.2, 0) is 11.3 Å². The summed E-state index contributed by atoms with van der Waals surface area (Å²) in [6, 6.07) is 1.90. The molecule has 0 amide bonds. The number of halogens is 1. The maximum absolute atomic E-state index is 6.01. The predicted molar refractivity (Wildman–Crippen MR) is 64.2 cm³/mol. The Bertz CT molecular complexity index is 346. The first kappa shape index (κ1) is 11.8. The van der Waals surface area contributed by atoms with E-state index in [2.05, 4.69) is 4.98 Å². The molecule has 1 heterocycles. The molecule has 0 spiro atoms. The van der Waals surface area contributed by atoms with Crippen LogP contribution in [0, 0.1) is 5.92 Å². The third-order valence-electron chi connectivity index (χ3n) is 3.20. The molecule has 0 bridgehead atoms. The summed E-state index contributed by atoms with van der Waals surface area (Å²) in [5.41, 5.74) is 6.71. The highest BCUT2D eigenvalue weighted by Gasteiger charge is 2.26. The summed E-state index contributed by atoms with van der Waals surface area (Å²) in [7, 11) is 0. The van der Waals surface area contributed by atoms with Gasteiger partial charge in [-0.05, 0) is 36.9 Å². The minimum absolute atomic E-state index is 0.300. The van der Waals surface area contributed by atoms with Crippen LogP contribution in [0.5, 0.6) is 0 Å². The Labute approximate surface area is 101 Å². The average molecular weight is 241 g/mol. The van der Waals surface area contributed by atoms with Crippen molar-refractivity contribution in [3.63, 3.8) is 0 Å². The Morgan fingerprint density at radius 3 is 3.12 bits per heavy atom. The van der Waals surface area contributed by atoms with Gasteiger partial charge in [-0.1, -0.05) is 18.0 Å². The van der Waals surface area contributed by atoms with Crippen LogP contribution >= 0.6 is 11.6 Å². The smallest absolute Gasteiger partial charge is 0.0736 e. The summed E-state index contributed by atoms with van der Waals surface area (Å²) in [6.45, 7) is 1.28. The van der Waals surface area contributed by atoms with Crippen LogP contribution < -0.4 is 5.73 Å². The summed E-state index contributed by atoms with van der Waals surface area (Å²) in [5, 5.41) is 0.671. The number of aromatic nitrogens is 1. The van der Waals surface area contributed by atoms with Crippen molar-refractivity contribution >= 4 is 11.6 Å². The van der Waals surface area contributed by atoms with E-state index in [0.29, 0.717) is 23.7 Å². The SMILES string of the molecule is NCC1CCCC1OCc1ccncc1Cl. The Kier molecular flexibility index (Phi) is 4.16. The zero-order chi connectivity index (χ0) is 11.4. The quantitative estimate of drug-likeness (QED) is 0.879. The summed E-state index contributed by atoms with van der Waals surface area (Å²) < 4.78 is 5.88. The van der Waals surface area contributed by atoms with Crippen LogP contribution in [0.4, 0.5) is 0 Å². The van der Waals surface area contributed by atoms with E-state index in [1.807, 2.05) is 6.07 Å². The van der Waals surface area contributed by atoms with Crippen molar-refractivity contribution in [3.8, 4) is 0 Å². The van der Waals surface area contributed by atoms with Gasteiger partial charge in [0.1, 0.15) is 0 Å². The van der Waals surface area contributed by atoms with E-state index in [1.165, 1.54) is 12.8 Å². The second kappa shape index (κ2) is 5.62. The molecule has 2 atom stereocenters. The first-order chi connectivity index (χ1) is 7.81. The maximum atomic E-state index is 6.01. The molecule has 3 nitrogen and oxygen atoms in total. The first-order valence-corrected chi connectivity index (χ1v) is 6.09. The van der Waals surface area contributed by atoms with Gasteiger partial charge in [-0.15, -0.1) is 0 Å². The zero-order valence-electron chi connectivity index (χ0n) is 9.23. The maximum Gasteiger partial charge on any atom is 0.0736 e. The molecule has 1 aromatic heterocycles. The van der Waals surface area contributed by atoms with Gasteiger partial charge < -0.3 is 10.5 Å². The molecule has 0 aromatic carbocycles. The first-order valence-electron chi connectivity index (χ1n) is 5.71. The van der Waals surface area contributed by atoms with Gasteiger partial charge >= 0.3 is 0 Å². The molecule has 16 heavy (non-hydrogen) atoms. The minimum atomic E-state index is 0.300. The summed E-state index contributed by atoms with van der Waals surface area (Å²) >= 11 is 6.01.